The number of nitriles is 1. The van der Waals surface area contributed by atoms with Gasteiger partial charge < -0.3 is 14.8 Å². The molecule has 3 rings (SSSR count). The van der Waals surface area contributed by atoms with E-state index in [1.165, 1.54) is 30.6 Å². The van der Waals surface area contributed by atoms with E-state index in [1.807, 2.05) is 0 Å². The third kappa shape index (κ3) is 4.09. The fourth-order valence-electron chi connectivity index (χ4n) is 2.93. The van der Waals surface area contributed by atoms with Crippen molar-refractivity contribution in [1.82, 2.24) is 0 Å². The quantitative estimate of drug-likeness (QED) is 0.793. The summed E-state index contributed by atoms with van der Waals surface area (Å²) in [6.07, 6.45) is 3.82. The van der Waals surface area contributed by atoms with E-state index in [0.29, 0.717) is 10.6 Å². The zero-order chi connectivity index (χ0) is 19.4. The van der Waals surface area contributed by atoms with E-state index < -0.39 is 24.3 Å². The fourth-order valence-corrected chi connectivity index (χ4v) is 4.19. The van der Waals surface area contributed by atoms with Crippen molar-refractivity contribution < 1.29 is 23.5 Å². The van der Waals surface area contributed by atoms with Crippen molar-refractivity contribution in [3.8, 4) is 11.8 Å². The van der Waals surface area contributed by atoms with Gasteiger partial charge in [-0.3, -0.25) is 4.79 Å². The molecule has 1 amide bonds. The van der Waals surface area contributed by atoms with Gasteiger partial charge in [-0.1, -0.05) is 0 Å². The van der Waals surface area contributed by atoms with Gasteiger partial charge in [0.15, 0.2) is 6.61 Å². The van der Waals surface area contributed by atoms with Crippen LogP contribution in [0.15, 0.2) is 18.2 Å². The minimum absolute atomic E-state index is 0.271. The van der Waals surface area contributed by atoms with Crippen LogP contribution < -0.4 is 10.1 Å². The molecule has 1 aromatic heterocycles. The molecular formula is C19H17FN2O4S. The SMILES string of the molecule is COc1ccc(C(=O)OCC(=O)Nc2sc3c(c2C#N)CCCC3)c(F)c1. The number of esters is 1. The first kappa shape index (κ1) is 18.9. The van der Waals surface area contributed by atoms with Crippen molar-refractivity contribution >= 4 is 28.2 Å². The molecule has 0 atom stereocenters. The summed E-state index contributed by atoms with van der Waals surface area (Å²) in [5.41, 5.74) is 1.20. The number of rotatable bonds is 5. The Morgan fingerprint density at radius 2 is 2.11 bits per heavy atom. The maximum atomic E-state index is 13.9. The normalized spacial score (nSPS) is 12.6. The van der Waals surface area contributed by atoms with Gasteiger partial charge in [0.2, 0.25) is 0 Å². The first-order valence-electron chi connectivity index (χ1n) is 8.38. The Morgan fingerprint density at radius 3 is 2.81 bits per heavy atom. The third-order valence-electron chi connectivity index (χ3n) is 4.27. The molecule has 0 saturated heterocycles. The number of carbonyl (C=O) groups excluding carboxylic acids is 2. The number of anilines is 1. The zero-order valence-corrected chi connectivity index (χ0v) is 15.5. The number of ether oxygens (including phenoxy) is 2. The molecule has 2 aromatic rings. The third-order valence-corrected chi connectivity index (χ3v) is 5.47. The van der Waals surface area contributed by atoms with Gasteiger partial charge in [-0.05, 0) is 43.4 Å². The second-order valence-electron chi connectivity index (χ2n) is 6.00. The van der Waals surface area contributed by atoms with Crippen molar-refractivity contribution in [1.29, 1.82) is 5.26 Å². The highest BCUT2D eigenvalue weighted by molar-refractivity contribution is 7.16. The first-order valence-corrected chi connectivity index (χ1v) is 9.20. The molecule has 1 aliphatic carbocycles. The molecule has 1 aromatic carbocycles. The smallest absolute Gasteiger partial charge is 0.341 e. The van der Waals surface area contributed by atoms with Crippen LogP contribution in [0.1, 0.15) is 39.2 Å². The van der Waals surface area contributed by atoms with Gasteiger partial charge >= 0.3 is 5.97 Å². The molecule has 27 heavy (non-hydrogen) atoms. The van der Waals surface area contributed by atoms with Crippen LogP contribution in [0.3, 0.4) is 0 Å². The number of benzene rings is 1. The number of nitrogens with one attached hydrogen (secondary N) is 1. The Morgan fingerprint density at radius 1 is 1.33 bits per heavy atom. The maximum Gasteiger partial charge on any atom is 0.341 e. The van der Waals surface area contributed by atoms with E-state index in [4.69, 9.17) is 9.47 Å². The minimum atomic E-state index is -0.948. The van der Waals surface area contributed by atoms with Crippen LogP contribution in [-0.2, 0) is 22.4 Å². The number of thiophene rings is 1. The molecule has 1 heterocycles. The molecule has 0 radical (unpaired) electrons. The molecule has 0 unspecified atom stereocenters. The Bertz CT molecular complexity index is 933. The monoisotopic (exact) mass is 388 g/mol. The van der Waals surface area contributed by atoms with Crippen molar-refractivity contribution in [2.45, 2.75) is 25.7 Å². The second kappa shape index (κ2) is 8.18. The maximum absolute atomic E-state index is 13.9. The lowest BCUT2D eigenvalue weighted by Gasteiger charge is -2.09. The van der Waals surface area contributed by atoms with Gasteiger partial charge in [0.25, 0.3) is 5.91 Å². The molecule has 6 nitrogen and oxygen atoms in total. The number of fused-ring (bicyclic) bond motifs is 1. The van der Waals surface area contributed by atoms with Gasteiger partial charge in [-0.15, -0.1) is 11.3 Å². The Hall–Kier alpha value is -2.92. The molecule has 0 spiro atoms. The Kier molecular flexibility index (Phi) is 5.72. The molecule has 0 saturated carbocycles. The van der Waals surface area contributed by atoms with Crippen LogP contribution in [0, 0.1) is 17.1 Å². The first-order chi connectivity index (χ1) is 13.0. The van der Waals surface area contributed by atoms with Crippen LogP contribution >= 0.6 is 11.3 Å². The lowest BCUT2D eigenvalue weighted by atomic mass is 9.96. The number of nitrogens with zero attached hydrogens (tertiary/aromatic N) is 1. The largest absolute Gasteiger partial charge is 0.497 e. The predicted octanol–water partition coefficient (Wildman–Crippen LogP) is 3.44. The standard InChI is InChI=1S/C19H17FN2O4S/c1-25-11-6-7-13(15(20)8-11)19(24)26-10-17(23)22-18-14(9-21)12-4-2-3-5-16(12)27-18/h6-8H,2-5,10H2,1H3,(H,22,23). The van der Waals surface area contributed by atoms with Gasteiger partial charge in [0, 0.05) is 10.9 Å². The highest BCUT2D eigenvalue weighted by Gasteiger charge is 2.22. The Labute approximate surface area is 159 Å². The minimum Gasteiger partial charge on any atom is -0.497 e. The van der Waals surface area contributed by atoms with Crippen LogP contribution in [0.25, 0.3) is 0 Å². The summed E-state index contributed by atoms with van der Waals surface area (Å²) in [4.78, 5) is 25.2. The summed E-state index contributed by atoms with van der Waals surface area (Å²) in [6.45, 7) is -0.572. The predicted molar refractivity (Wildman–Crippen MR) is 97.5 cm³/mol. The molecule has 8 heteroatoms. The van der Waals surface area contributed by atoms with Gasteiger partial charge in [-0.2, -0.15) is 5.26 Å². The van der Waals surface area contributed by atoms with Crippen molar-refractivity contribution in [3.05, 3.63) is 45.6 Å². The van der Waals surface area contributed by atoms with Crippen molar-refractivity contribution in [2.75, 3.05) is 19.0 Å². The summed E-state index contributed by atoms with van der Waals surface area (Å²) >= 11 is 1.38. The van der Waals surface area contributed by atoms with E-state index in [2.05, 4.69) is 11.4 Å². The summed E-state index contributed by atoms with van der Waals surface area (Å²) in [7, 11) is 1.38. The number of hydrogen-bond acceptors (Lipinski definition) is 6. The van der Waals surface area contributed by atoms with E-state index in [1.54, 1.807) is 0 Å². The average Bonchev–Trinajstić information content (AvgIpc) is 3.02. The molecular weight excluding hydrogens is 371 g/mol. The topological polar surface area (TPSA) is 88.4 Å². The molecule has 1 aliphatic rings. The van der Waals surface area contributed by atoms with E-state index in [-0.39, 0.29) is 11.3 Å². The lowest BCUT2D eigenvalue weighted by Crippen LogP contribution is -2.21. The molecule has 1 N–H and O–H groups in total. The Balaban J connectivity index is 1.63. The van der Waals surface area contributed by atoms with E-state index in [0.717, 1.165) is 42.2 Å². The zero-order valence-electron chi connectivity index (χ0n) is 14.6. The van der Waals surface area contributed by atoms with Gasteiger partial charge in [0.05, 0.1) is 18.2 Å². The molecule has 140 valence electrons. The van der Waals surface area contributed by atoms with E-state index >= 15 is 0 Å². The van der Waals surface area contributed by atoms with Gasteiger partial charge in [-0.25, -0.2) is 9.18 Å². The highest BCUT2D eigenvalue weighted by atomic mass is 32.1. The molecule has 0 bridgehead atoms. The van der Waals surface area contributed by atoms with Crippen LogP contribution in [0.2, 0.25) is 0 Å². The number of halogens is 1. The number of aryl methyl sites for hydroxylation is 1. The van der Waals surface area contributed by atoms with Crippen molar-refractivity contribution in [3.63, 3.8) is 0 Å². The van der Waals surface area contributed by atoms with Crippen LogP contribution in [0.4, 0.5) is 9.39 Å². The summed E-state index contributed by atoms with van der Waals surface area (Å²) in [5, 5.41) is 12.5. The number of methoxy groups -OCH3 is 1. The molecule has 0 fully saturated rings. The lowest BCUT2D eigenvalue weighted by molar-refractivity contribution is -0.119. The number of hydrogen-bond donors (Lipinski definition) is 1. The van der Waals surface area contributed by atoms with Crippen LogP contribution in [0.5, 0.6) is 5.75 Å². The second-order valence-corrected chi connectivity index (χ2v) is 7.10. The number of carbonyl (C=O) groups is 2. The molecule has 0 aliphatic heterocycles. The van der Waals surface area contributed by atoms with E-state index in [9.17, 15) is 19.2 Å². The summed E-state index contributed by atoms with van der Waals surface area (Å²) < 4.78 is 23.6. The van der Waals surface area contributed by atoms with Gasteiger partial charge in [0.1, 0.15) is 22.6 Å². The average molecular weight is 388 g/mol. The van der Waals surface area contributed by atoms with Crippen molar-refractivity contribution in [2.24, 2.45) is 0 Å². The fraction of sp³-hybridized carbons (Fsp3) is 0.316. The van der Waals surface area contributed by atoms with Crippen LogP contribution in [-0.4, -0.2) is 25.6 Å². The highest BCUT2D eigenvalue weighted by Crippen LogP contribution is 2.37. The number of amides is 1. The summed E-state index contributed by atoms with van der Waals surface area (Å²) in [5.74, 6) is -2.05. The summed E-state index contributed by atoms with van der Waals surface area (Å²) in [6, 6.07) is 5.86.